The quantitative estimate of drug-likeness (QED) is 0.572. The second-order valence-electron chi connectivity index (χ2n) is 7.06. The highest BCUT2D eigenvalue weighted by atomic mass is 19.1. The molecule has 0 spiro atoms. The van der Waals surface area contributed by atoms with Crippen molar-refractivity contribution in [2.24, 2.45) is 22.0 Å². The molecule has 0 radical (unpaired) electrons. The number of hydrogen-bond donors (Lipinski definition) is 2. The number of nitrogens with one attached hydrogen (secondary N) is 2. The Morgan fingerprint density at radius 2 is 1.67 bits per heavy atom. The molecule has 2 aromatic rings. The van der Waals surface area contributed by atoms with Crippen LogP contribution in [0.25, 0.3) is 11.3 Å². The van der Waals surface area contributed by atoms with Crippen LogP contribution in [0.15, 0.2) is 45.0 Å². The van der Waals surface area contributed by atoms with Crippen molar-refractivity contribution >= 4 is 28.9 Å². The third kappa shape index (κ3) is 3.13. The largest absolute Gasteiger partial charge is 0.460 e. The number of rotatable bonds is 5. The highest BCUT2D eigenvalue weighted by Crippen LogP contribution is 2.41. The van der Waals surface area contributed by atoms with Crippen molar-refractivity contribution in [3.63, 3.8) is 0 Å². The molecule has 2 N–H and O–H groups in total. The lowest BCUT2D eigenvalue weighted by molar-refractivity contribution is -0.384. The Morgan fingerprint density at radius 3 is 2.17 bits per heavy atom. The van der Waals surface area contributed by atoms with Crippen molar-refractivity contribution in [2.45, 2.75) is 19.8 Å². The fourth-order valence-electron chi connectivity index (χ4n) is 3.85. The SMILES string of the molecule is CC1=NNC(=O)C1C(c1ccc(-c2ccc(F)cc2[N+](=O)[O-])o1)C1C(=O)NN=C1C. The number of benzene rings is 1. The first kappa shape index (κ1) is 19.4. The van der Waals surface area contributed by atoms with Gasteiger partial charge in [-0.25, -0.2) is 15.2 Å². The van der Waals surface area contributed by atoms with Crippen LogP contribution in [0, 0.1) is 27.8 Å². The van der Waals surface area contributed by atoms with Gasteiger partial charge in [-0.3, -0.25) is 19.7 Å². The Hall–Kier alpha value is -3.89. The number of carbonyl (C=O) groups excluding carboxylic acids is 2. The summed E-state index contributed by atoms with van der Waals surface area (Å²) in [6, 6.07) is 6.17. The predicted octanol–water partition coefficient (Wildman–Crippen LogP) is 2.32. The molecule has 2 aliphatic heterocycles. The topological polar surface area (TPSA) is 139 Å². The summed E-state index contributed by atoms with van der Waals surface area (Å²) in [5.41, 5.74) is 5.36. The number of nitro groups is 1. The normalized spacial score (nSPS) is 21.7. The minimum atomic E-state index is -0.786. The van der Waals surface area contributed by atoms with E-state index in [4.69, 9.17) is 4.42 Å². The average molecular weight is 413 g/mol. The number of hydrogen-bond acceptors (Lipinski definition) is 7. The molecule has 2 aliphatic rings. The lowest BCUT2D eigenvalue weighted by Crippen LogP contribution is -2.38. The van der Waals surface area contributed by atoms with E-state index >= 15 is 0 Å². The molecule has 2 atom stereocenters. The van der Waals surface area contributed by atoms with Crippen LogP contribution in [0.5, 0.6) is 0 Å². The molecule has 4 rings (SSSR count). The maximum atomic E-state index is 13.5. The zero-order valence-corrected chi connectivity index (χ0v) is 15.9. The van der Waals surface area contributed by atoms with Gasteiger partial charge in [0.1, 0.15) is 17.3 Å². The highest BCUT2D eigenvalue weighted by molar-refractivity contribution is 6.12. The van der Waals surface area contributed by atoms with Crippen LogP contribution < -0.4 is 10.9 Å². The van der Waals surface area contributed by atoms with Crippen LogP contribution in [0.1, 0.15) is 25.5 Å². The van der Waals surface area contributed by atoms with Crippen LogP contribution >= 0.6 is 0 Å². The maximum absolute atomic E-state index is 13.5. The summed E-state index contributed by atoms with van der Waals surface area (Å²) in [5.74, 6) is -3.50. The second-order valence-corrected chi connectivity index (χ2v) is 7.06. The van der Waals surface area contributed by atoms with E-state index in [2.05, 4.69) is 21.1 Å². The smallest absolute Gasteiger partial charge is 0.283 e. The minimum Gasteiger partial charge on any atom is -0.460 e. The molecule has 2 amide bonds. The van der Waals surface area contributed by atoms with Crippen LogP contribution in [0.2, 0.25) is 0 Å². The lowest BCUT2D eigenvalue weighted by Gasteiger charge is -2.24. The Morgan fingerprint density at radius 1 is 1.07 bits per heavy atom. The first-order valence-corrected chi connectivity index (χ1v) is 9.00. The van der Waals surface area contributed by atoms with Gasteiger partial charge in [0.2, 0.25) is 11.8 Å². The molecule has 0 aliphatic carbocycles. The number of halogens is 1. The maximum Gasteiger partial charge on any atom is 0.283 e. The first-order chi connectivity index (χ1) is 14.3. The zero-order chi connectivity index (χ0) is 21.6. The van der Waals surface area contributed by atoms with Crippen molar-refractivity contribution in [2.75, 3.05) is 0 Å². The third-order valence-electron chi connectivity index (χ3n) is 5.25. The van der Waals surface area contributed by atoms with E-state index in [9.17, 15) is 24.1 Å². The molecule has 1 aromatic heterocycles. The summed E-state index contributed by atoms with van der Waals surface area (Å²) in [5, 5.41) is 19.2. The van der Waals surface area contributed by atoms with Crippen LogP contribution in [-0.2, 0) is 9.59 Å². The van der Waals surface area contributed by atoms with Crippen molar-refractivity contribution in [1.29, 1.82) is 0 Å². The predicted molar refractivity (Wildman–Crippen MR) is 103 cm³/mol. The monoisotopic (exact) mass is 413 g/mol. The molecular weight excluding hydrogens is 397 g/mol. The molecule has 154 valence electrons. The molecule has 2 unspecified atom stereocenters. The summed E-state index contributed by atoms with van der Waals surface area (Å²) in [4.78, 5) is 35.5. The minimum absolute atomic E-state index is 0.0777. The van der Waals surface area contributed by atoms with Gasteiger partial charge < -0.3 is 4.42 Å². The number of carbonyl (C=O) groups is 2. The standard InChI is InChI=1S/C19H16FN5O5/c1-8-15(18(26)23-21-8)17(16-9(2)22-24-19(16)27)14-6-5-13(30-14)11-4-3-10(20)7-12(11)25(28)29/h3-7,15-17H,1-2H3,(H,23,26)(H,24,27). The summed E-state index contributed by atoms with van der Waals surface area (Å²) < 4.78 is 19.4. The van der Waals surface area contributed by atoms with E-state index in [0.29, 0.717) is 11.4 Å². The molecule has 0 saturated carbocycles. The molecular formula is C19H16FN5O5. The van der Waals surface area contributed by atoms with Gasteiger partial charge in [-0.1, -0.05) is 0 Å². The lowest BCUT2D eigenvalue weighted by atomic mass is 9.75. The number of nitrogens with zero attached hydrogens (tertiary/aromatic N) is 3. The van der Waals surface area contributed by atoms with Crippen molar-refractivity contribution in [1.82, 2.24) is 10.9 Å². The Balaban J connectivity index is 1.81. The molecule has 11 heteroatoms. The molecule has 30 heavy (non-hydrogen) atoms. The number of amides is 2. The van der Waals surface area contributed by atoms with Gasteiger partial charge in [-0.05, 0) is 38.1 Å². The van der Waals surface area contributed by atoms with Crippen LogP contribution in [0.3, 0.4) is 0 Å². The van der Waals surface area contributed by atoms with Gasteiger partial charge in [0.15, 0.2) is 0 Å². The first-order valence-electron chi connectivity index (χ1n) is 9.00. The fourth-order valence-corrected chi connectivity index (χ4v) is 3.85. The molecule has 1 aromatic carbocycles. The Bertz CT molecular complexity index is 1100. The summed E-state index contributed by atoms with van der Waals surface area (Å²) >= 11 is 0. The van der Waals surface area contributed by atoms with Gasteiger partial charge in [-0.2, -0.15) is 10.2 Å². The van der Waals surface area contributed by atoms with E-state index in [-0.39, 0.29) is 17.1 Å². The molecule has 0 bridgehead atoms. The van der Waals surface area contributed by atoms with Gasteiger partial charge in [-0.15, -0.1) is 0 Å². The summed E-state index contributed by atoms with van der Waals surface area (Å²) in [6.45, 7) is 3.31. The van der Waals surface area contributed by atoms with Crippen molar-refractivity contribution in [3.8, 4) is 11.3 Å². The van der Waals surface area contributed by atoms with E-state index in [1.807, 2.05) is 0 Å². The van der Waals surface area contributed by atoms with E-state index < -0.39 is 46.0 Å². The van der Waals surface area contributed by atoms with Gasteiger partial charge in [0, 0.05) is 11.4 Å². The molecule has 0 saturated heterocycles. The summed E-state index contributed by atoms with van der Waals surface area (Å²) in [7, 11) is 0. The number of nitro benzene ring substituents is 1. The van der Waals surface area contributed by atoms with Crippen molar-refractivity contribution < 1.29 is 23.3 Å². The summed E-state index contributed by atoms with van der Waals surface area (Å²) in [6.07, 6.45) is 0. The molecule has 3 heterocycles. The van der Waals surface area contributed by atoms with Gasteiger partial charge >= 0.3 is 0 Å². The highest BCUT2D eigenvalue weighted by Gasteiger charge is 2.47. The van der Waals surface area contributed by atoms with E-state index in [1.54, 1.807) is 19.9 Å². The second kappa shape index (κ2) is 7.17. The van der Waals surface area contributed by atoms with Crippen LogP contribution in [0.4, 0.5) is 10.1 Å². The fraction of sp³-hybridized carbons (Fsp3) is 0.263. The van der Waals surface area contributed by atoms with Gasteiger partial charge in [0.25, 0.3) is 5.69 Å². The number of hydrazone groups is 2. The van der Waals surface area contributed by atoms with Gasteiger partial charge in [0.05, 0.1) is 34.3 Å². The Kier molecular flexibility index (Phi) is 4.65. The Labute approximate surface area is 169 Å². The molecule has 10 nitrogen and oxygen atoms in total. The van der Waals surface area contributed by atoms with E-state index in [1.165, 1.54) is 12.1 Å². The third-order valence-corrected chi connectivity index (χ3v) is 5.25. The van der Waals surface area contributed by atoms with Crippen LogP contribution in [-0.4, -0.2) is 28.2 Å². The number of furan rings is 1. The average Bonchev–Trinajstić information content (AvgIpc) is 3.39. The zero-order valence-electron chi connectivity index (χ0n) is 15.9. The van der Waals surface area contributed by atoms with E-state index in [0.717, 1.165) is 12.1 Å². The van der Waals surface area contributed by atoms with Crippen molar-refractivity contribution in [3.05, 3.63) is 52.0 Å². The molecule has 0 fully saturated rings.